The van der Waals surface area contributed by atoms with Crippen LogP contribution in [0.4, 0.5) is 10.1 Å². The Bertz CT molecular complexity index is 1470. The van der Waals surface area contributed by atoms with Gasteiger partial charge in [0.05, 0.1) is 22.1 Å². The molecule has 8 nitrogen and oxygen atoms in total. The standard InChI is InChI=1S/C29H24FN3O5S/c1-17(2)13-22-10-5-20(15-31)27(32-22)39-25-14-26(35)33(28(25)36)23-11-6-19(7-12-23)29(37)38-16-24(34)18-3-8-21(30)9-4-18/h3-12,17,25H,13-14,16H2,1-2H3. The van der Waals surface area contributed by atoms with Crippen LogP contribution in [0.25, 0.3) is 0 Å². The van der Waals surface area contributed by atoms with Crippen LogP contribution in [0.3, 0.4) is 0 Å². The number of Topliss-reactive ketones (excluding diaryl/α,β-unsaturated/α-hetero) is 1. The number of benzene rings is 2. The average molecular weight is 546 g/mol. The zero-order valence-electron chi connectivity index (χ0n) is 21.2. The maximum Gasteiger partial charge on any atom is 0.338 e. The van der Waals surface area contributed by atoms with E-state index in [0.717, 1.165) is 40.9 Å². The molecule has 0 N–H and O–H groups in total. The second kappa shape index (κ2) is 12.0. The van der Waals surface area contributed by atoms with Gasteiger partial charge in [-0.3, -0.25) is 14.4 Å². The molecule has 10 heteroatoms. The van der Waals surface area contributed by atoms with Crippen LogP contribution in [-0.2, 0) is 20.7 Å². The number of anilines is 1. The van der Waals surface area contributed by atoms with Gasteiger partial charge in [-0.2, -0.15) is 5.26 Å². The predicted molar refractivity (Wildman–Crippen MR) is 142 cm³/mol. The molecular formula is C29H24FN3O5S. The number of ketones is 1. The fourth-order valence-electron chi connectivity index (χ4n) is 3.97. The number of hydrogen-bond donors (Lipinski definition) is 0. The van der Waals surface area contributed by atoms with E-state index in [-0.39, 0.29) is 23.2 Å². The van der Waals surface area contributed by atoms with Crippen molar-refractivity contribution in [3.63, 3.8) is 0 Å². The first-order valence-corrected chi connectivity index (χ1v) is 13.0. The zero-order chi connectivity index (χ0) is 28.1. The third kappa shape index (κ3) is 6.56. The van der Waals surface area contributed by atoms with Crippen molar-refractivity contribution in [3.05, 3.63) is 88.9 Å². The lowest BCUT2D eigenvalue weighted by Gasteiger charge is -2.15. The van der Waals surface area contributed by atoms with E-state index in [1.807, 2.05) is 0 Å². The lowest BCUT2D eigenvalue weighted by molar-refractivity contribution is -0.121. The molecule has 2 aromatic carbocycles. The number of nitrogens with zero attached hydrogens (tertiary/aromatic N) is 3. The number of pyridine rings is 1. The van der Waals surface area contributed by atoms with Crippen molar-refractivity contribution >= 4 is 41.0 Å². The molecular weight excluding hydrogens is 521 g/mol. The smallest absolute Gasteiger partial charge is 0.338 e. The van der Waals surface area contributed by atoms with Gasteiger partial charge in [-0.05, 0) is 73.0 Å². The minimum Gasteiger partial charge on any atom is -0.454 e. The Morgan fingerprint density at radius 3 is 2.38 bits per heavy atom. The molecule has 1 atom stereocenters. The van der Waals surface area contributed by atoms with Crippen molar-refractivity contribution in [2.45, 2.75) is 37.0 Å². The summed E-state index contributed by atoms with van der Waals surface area (Å²) in [6.07, 6.45) is 0.665. The highest BCUT2D eigenvalue weighted by atomic mass is 32.2. The molecule has 2 heterocycles. The first kappa shape index (κ1) is 27.7. The second-order valence-corrected chi connectivity index (χ2v) is 10.5. The minimum absolute atomic E-state index is 0.0558. The van der Waals surface area contributed by atoms with E-state index in [1.54, 1.807) is 12.1 Å². The van der Waals surface area contributed by atoms with Gasteiger partial charge in [0.25, 0.3) is 0 Å². The van der Waals surface area contributed by atoms with E-state index in [2.05, 4.69) is 24.9 Å². The van der Waals surface area contributed by atoms with Gasteiger partial charge in [-0.1, -0.05) is 25.6 Å². The molecule has 4 rings (SSSR count). The number of ether oxygens (including phenoxy) is 1. The fraction of sp³-hybridized carbons (Fsp3) is 0.241. The summed E-state index contributed by atoms with van der Waals surface area (Å²) in [5, 5.41) is 9.16. The highest BCUT2D eigenvalue weighted by molar-refractivity contribution is 8.00. The normalized spacial score (nSPS) is 14.9. The Kier molecular flexibility index (Phi) is 8.52. The molecule has 0 radical (unpaired) electrons. The van der Waals surface area contributed by atoms with E-state index in [0.29, 0.717) is 16.5 Å². The summed E-state index contributed by atoms with van der Waals surface area (Å²) in [6, 6.07) is 16.1. The van der Waals surface area contributed by atoms with Gasteiger partial charge >= 0.3 is 5.97 Å². The van der Waals surface area contributed by atoms with Crippen LogP contribution in [0.5, 0.6) is 0 Å². The van der Waals surface area contributed by atoms with Gasteiger partial charge < -0.3 is 4.74 Å². The van der Waals surface area contributed by atoms with Gasteiger partial charge in [0.2, 0.25) is 11.8 Å². The summed E-state index contributed by atoms with van der Waals surface area (Å²) in [4.78, 5) is 56.1. The molecule has 1 aliphatic heterocycles. The van der Waals surface area contributed by atoms with Gasteiger partial charge in [-0.25, -0.2) is 19.1 Å². The van der Waals surface area contributed by atoms with Crippen molar-refractivity contribution in [1.29, 1.82) is 5.26 Å². The van der Waals surface area contributed by atoms with Crippen LogP contribution in [0, 0.1) is 23.1 Å². The van der Waals surface area contributed by atoms with Crippen LogP contribution in [0.15, 0.2) is 65.7 Å². The number of halogens is 1. The molecule has 1 aromatic heterocycles. The number of hydrogen-bond acceptors (Lipinski definition) is 8. The van der Waals surface area contributed by atoms with Crippen LogP contribution in [0.2, 0.25) is 0 Å². The van der Waals surface area contributed by atoms with E-state index in [1.165, 1.54) is 36.4 Å². The second-order valence-electron chi connectivity index (χ2n) is 9.30. The van der Waals surface area contributed by atoms with Crippen molar-refractivity contribution in [2.24, 2.45) is 5.92 Å². The maximum atomic E-state index is 13.2. The van der Waals surface area contributed by atoms with E-state index in [9.17, 15) is 28.8 Å². The third-order valence-corrected chi connectivity index (χ3v) is 7.06. The summed E-state index contributed by atoms with van der Waals surface area (Å²) in [7, 11) is 0. The minimum atomic E-state index is -0.763. The van der Waals surface area contributed by atoms with Crippen LogP contribution in [0.1, 0.15) is 52.2 Å². The largest absolute Gasteiger partial charge is 0.454 e. The van der Waals surface area contributed by atoms with Gasteiger partial charge in [0.15, 0.2) is 12.4 Å². The van der Waals surface area contributed by atoms with Gasteiger partial charge in [0, 0.05) is 17.7 Å². The van der Waals surface area contributed by atoms with Crippen LogP contribution >= 0.6 is 11.8 Å². The fourth-order valence-corrected chi connectivity index (χ4v) is 5.08. The molecule has 1 fully saturated rings. The molecule has 0 saturated carbocycles. The SMILES string of the molecule is CC(C)Cc1ccc(C#N)c(SC2CC(=O)N(c3ccc(C(=O)OCC(=O)c4ccc(F)cc4)cc3)C2=O)n1. The number of carbonyl (C=O) groups is 4. The first-order valence-electron chi connectivity index (χ1n) is 12.2. The molecule has 39 heavy (non-hydrogen) atoms. The highest BCUT2D eigenvalue weighted by Gasteiger charge is 2.40. The Balaban J connectivity index is 1.41. The molecule has 1 aliphatic rings. The molecule has 198 valence electrons. The van der Waals surface area contributed by atoms with Crippen molar-refractivity contribution < 1.29 is 28.3 Å². The third-order valence-electron chi connectivity index (χ3n) is 5.88. The van der Waals surface area contributed by atoms with Crippen LogP contribution in [-0.4, -0.2) is 40.4 Å². The van der Waals surface area contributed by atoms with Crippen molar-refractivity contribution in [3.8, 4) is 6.07 Å². The number of thioether (sulfide) groups is 1. The average Bonchev–Trinajstić information content (AvgIpc) is 3.19. The summed E-state index contributed by atoms with van der Waals surface area (Å²) in [5.41, 5.74) is 1.77. The molecule has 1 unspecified atom stereocenters. The molecule has 1 saturated heterocycles. The highest BCUT2D eigenvalue weighted by Crippen LogP contribution is 2.35. The number of aromatic nitrogens is 1. The Hall–Kier alpha value is -4.36. The zero-order valence-corrected chi connectivity index (χ0v) is 22.0. The Labute approximate surface area is 228 Å². The molecule has 3 aromatic rings. The van der Waals surface area contributed by atoms with Crippen LogP contribution < -0.4 is 4.90 Å². The van der Waals surface area contributed by atoms with Crippen molar-refractivity contribution in [1.82, 2.24) is 4.98 Å². The number of esters is 1. The monoisotopic (exact) mass is 545 g/mol. The number of nitriles is 1. The first-order chi connectivity index (χ1) is 18.7. The topological polar surface area (TPSA) is 117 Å². The van der Waals surface area contributed by atoms with Gasteiger partial charge in [-0.15, -0.1) is 0 Å². The predicted octanol–water partition coefficient (Wildman–Crippen LogP) is 4.75. The Morgan fingerprint density at radius 1 is 1.08 bits per heavy atom. The lowest BCUT2D eigenvalue weighted by Crippen LogP contribution is -2.31. The van der Waals surface area contributed by atoms with E-state index < -0.39 is 41.2 Å². The van der Waals surface area contributed by atoms with E-state index in [4.69, 9.17) is 4.74 Å². The summed E-state index contributed by atoms with van der Waals surface area (Å²) >= 11 is 1.10. The molecule has 2 amide bonds. The lowest BCUT2D eigenvalue weighted by atomic mass is 10.1. The summed E-state index contributed by atoms with van der Waals surface area (Å²) in [5.74, 6) is -2.21. The maximum absolute atomic E-state index is 13.2. The number of carbonyl (C=O) groups excluding carboxylic acids is 4. The van der Waals surface area contributed by atoms with Crippen molar-refractivity contribution in [2.75, 3.05) is 11.5 Å². The quantitative estimate of drug-likeness (QED) is 0.215. The number of imide groups is 1. The Morgan fingerprint density at radius 2 is 1.74 bits per heavy atom. The summed E-state index contributed by atoms with van der Waals surface area (Å²) in [6.45, 7) is 3.59. The number of rotatable bonds is 9. The van der Waals surface area contributed by atoms with Gasteiger partial charge in [0.1, 0.15) is 16.9 Å². The molecule has 0 bridgehead atoms. The number of amides is 2. The molecule has 0 spiro atoms. The van der Waals surface area contributed by atoms with E-state index >= 15 is 0 Å². The molecule has 0 aliphatic carbocycles. The summed E-state index contributed by atoms with van der Waals surface area (Å²) < 4.78 is 18.1.